The van der Waals surface area contributed by atoms with Crippen LogP contribution in [-0.4, -0.2) is 11.5 Å². The molecule has 0 heterocycles. The lowest BCUT2D eigenvalue weighted by Gasteiger charge is -2.12. The molecule has 0 bridgehead atoms. The second kappa shape index (κ2) is 5.65. The van der Waals surface area contributed by atoms with E-state index >= 15 is 0 Å². The molecule has 5 heteroatoms. The van der Waals surface area contributed by atoms with Crippen molar-refractivity contribution in [1.82, 2.24) is 0 Å². The Balaban J connectivity index is 2.10. The smallest absolute Gasteiger partial charge is 0.178 e. The van der Waals surface area contributed by atoms with Crippen LogP contribution in [0.4, 0.5) is 5.69 Å². The van der Waals surface area contributed by atoms with Gasteiger partial charge in [-0.15, -0.1) is 0 Å². The highest BCUT2D eigenvalue weighted by molar-refractivity contribution is 9.10. The Morgan fingerprint density at radius 2 is 2.06 bits per heavy atom. The van der Waals surface area contributed by atoms with Gasteiger partial charge in [-0.05, 0) is 37.5 Å². The number of benzene rings is 1. The highest BCUT2D eigenvalue weighted by atomic mass is 79.9. The largest absolute Gasteiger partial charge is 0.293 e. The highest BCUT2D eigenvalue weighted by Gasteiger charge is 2.16. The summed E-state index contributed by atoms with van der Waals surface area (Å²) >= 11 is 9.37. The zero-order chi connectivity index (χ0) is 12.3. The third kappa shape index (κ3) is 3.30. The zero-order valence-corrected chi connectivity index (χ0v) is 11.5. The molecular formula is C12H12BrClN2O. The van der Waals surface area contributed by atoms with E-state index in [0.717, 1.165) is 23.7 Å². The van der Waals surface area contributed by atoms with Gasteiger partial charge in [0.25, 0.3) is 0 Å². The summed E-state index contributed by atoms with van der Waals surface area (Å²) in [6.07, 6.45) is 3.35. The van der Waals surface area contributed by atoms with E-state index in [1.54, 1.807) is 6.07 Å². The average Bonchev–Trinajstić information content (AvgIpc) is 2.30. The van der Waals surface area contributed by atoms with Crippen LogP contribution >= 0.6 is 27.5 Å². The van der Waals surface area contributed by atoms with Crippen LogP contribution in [0.5, 0.6) is 0 Å². The Morgan fingerprint density at radius 1 is 1.29 bits per heavy atom. The Labute approximate surface area is 113 Å². The number of ketones is 1. The predicted molar refractivity (Wildman–Crippen MR) is 73.7 cm³/mol. The molecule has 1 aliphatic carbocycles. The molecule has 1 aromatic rings. The number of Topliss-reactive ketones (excluding diaryl/α,β-unsaturated/α-hetero) is 1. The maximum absolute atomic E-state index is 11.5. The Bertz CT molecular complexity index is 474. The monoisotopic (exact) mass is 314 g/mol. The third-order valence-electron chi connectivity index (χ3n) is 2.63. The van der Waals surface area contributed by atoms with Crippen LogP contribution in [-0.2, 0) is 4.79 Å². The molecule has 0 atom stereocenters. The van der Waals surface area contributed by atoms with E-state index in [1.807, 2.05) is 12.1 Å². The fourth-order valence-electron chi connectivity index (χ4n) is 1.69. The SMILES string of the molecule is O=C1CCCC/C1=N\Nc1ccc(Br)cc1Cl. The lowest BCUT2D eigenvalue weighted by Crippen LogP contribution is -2.19. The molecule has 0 radical (unpaired) electrons. The van der Waals surface area contributed by atoms with Crippen molar-refractivity contribution in [2.24, 2.45) is 5.10 Å². The lowest BCUT2D eigenvalue weighted by molar-refractivity contribution is -0.113. The van der Waals surface area contributed by atoms with Crippen LogP contribution in [0, 0.1) is 0 Å². The molecule has 0 unspecified atom stereocenters. The number of carbonyl (C=O) groups excluding carboxylic acids is 1. The first kappa shape index (κ1) is 12.6. The van der Waals surface area contributed by atoms with E-state index in [4.69, 9.17) is 11.6 Å². The van der Waals surface area contributed by atoms with Crippen LogP contribution in [0.3, 0.4) is 0 Å². The molecule has 2 rings (SSSR count). The Morgan fingerprint density at radius 3 is 2.76 bits per heavy atom. The topological polar surface area (TPSA) is 41.5 Å². The molecule has 0 saturated heterocycles. The minimum Gasteiger partial charge on any atom is -0.293 e. The summed E-state index contributed by atoms with van der Waals surface area (Å²) < 4.78 is 0.912. The van der Waals surface area contributed by atoms with Gasteiger partial charge in [0.2, 0.25) is 0 Å². The first-order valence-electron chi connectivity index (χ1n) is 5.47. The number of hydrazone groups is 1. The summed E-state index contributed by atoms with van der Waals surface area (Å²) in [6, 6.07) is 5.48. The van der Waals surface area contributed by atoms with E-state index in [-0.39, 0.29) is 5.78 Å². The molecule has 17 heavy (non-hydrogen) atoms. The van der Waals surface area contributed by atoms with E-state index in [2.05, 4.69) is 26.5 Å². The van der Waals surface area contributed by atoms with Crippen molar-refractivity contribution in [2.45, 2.75) is 25.7 Å². The fraction of sp³-hybridized carbons (Fsp3) is 0.333. The summed E-state index contributed by atoms with van der Waals surface area (Å²) in [6.45, 7) is 0. The molecule has 0 aliphatic heterocycles. The second-order valence-electron chi connectivity index (χ2n) is 3.92. The lowest BCUT2D eigenvalue weighted by atomic mass is 9.97. The van der Waals surface area contributed by atoms with Crippen molar-refractivity contribution in [2.75, 3.05) is 5.43 Å². The number of halogens is 2. The van der Waals surface area contributed by atoms with Gasteiger partial charge in [-0.1, -0.05) is 27.5 Å². The van der Waals surface area contributed by atoms with Gasteiger partial charge in [0, 0.05) is 10.9 Å². The van der Waals surface area contributed by atoms with Gasteiger partial charge in [-0.3, -0.25) is 10.2 Å². The predicted octanol–water partition coefficient (Wildman–Crippen LogP) is 4.01. The molecule has 0 spiro atoms. The van der Waals surface area contributed by atoms with Crippen molar-refractivity contribution >= 4 is 44.7 Å². The second-order valence-corrected chi connectivity index (χ2v) is 5.25. The molecule has 1 aromatic carbocycles. The maximum Gasteiger partial charge on any atom is 0.178 e. The van der Waals surface area contributed by atoms with Gasteiger partial charge >= 0.3 is 0 Å². The summed E-state index contributed by atoms with van der Waals surface area (Å²) in [5, 5.41) is 4.72. The van der Waals surface area contributed by atoms with E-state index in [9.17, 15) is 4.79 Å². The van der Waals surface area contributed by atoms with Crippen molar-refractivity contribution < 1.29 is 4.79 Å². The van der Waals surface area contributed by atoms with Gasteiger partial charge in [0.15, 0.2) is 5.78 Å². The summed E-state index contributed by atoms with van der Waals surface area (Å²) in [4.78, 5) is 11.5. The number of anilines is 1. The molecule has 1 N–H and O–H groups in total. The standard InChI is InChI=1S/C12H12BrClN2O/c13-8-5-6-10(9(14)7-8)15-16-11-3-1-2-4-12(11)17/h5-7,15H,1-4H2/b16-11+. The molecule has 1 fully saturated rings. The zero-order valence-electron chi connectivity index (χ0n) is 9.17. The van der Waals surface area contributed by atoms with Gasteiger partial charge in [-0.2, -0.15) is 5.10 Å². The normalized spacial score (nSPS) is 18.5. The molecule has 0 aromatic heterocycles. The van der Waals surface area contributed by atoms with Gasteiger partial charge < -0.3 is 0 Å². The molecule has 1 aliphatic rings. The Kier molecular flexibility index (Phi) is 4.18. The summed E-state index contributed by atoms with van der Waals surface area (Å²) in [5.74, 6) is 0.136. The van der Waals surface area contributed by atoms with Crippen molar-refractivity contribution in [3.05, 3.63) is 27.7 Å². The van der Waals surface area contributed by atoms with E-state index in [1.165, 1.54) is 0 Å². The third-order valence-corrected chi connectivity index (χ3v) is 3.44. The van der Waals surface area contributed by atoms with Crippen LogP contribution < -0.4 is 5.43 Å². The van der Waals surface area contributed by atoms with Crippen LogP contribution in [0.2, 0.25) is 5.02 Å². The summed E-state index contributed by atoms with van der Waals surface area (Å²) in [5.41, 5.74) is 4.18. The first-order valence-corrected chi connectivity index (χ1v) is 6.65. The first-order chi connectivity index (χ1) is 8.16. The number of hydrogen-bond donors (Lipinski definition) is 1. The fourth-order valence-corrected chi connectivity index (χ4v) is 2.40. The summed E-state index contributed by atoms with van der Waals surface area (Å²) in [7, 11) is 0. The molecular weight excluding hydrogens is 304 g/mol. The number of rotatable bonds is 2. The van der Waals surface area contributed by atoms with Crippen LogP contribution in [0.25, 0.3) is 0 Å². The van der Waals surface area contributed by atoms with Crippen molar-refractivity contribution in [3.63, 3.8) is 0 Å². The van der Waals surface area contributed by atoms with Gasteiger partial charge in [-0.25, -0.2) is 0 Å². The number of nitrogens with one attached hydrogen (secondary N) is 1. The maximum atomic E-state index is 11.5. The van der Waals surface area contributed by atoms with Crippen LogP contribution in [0.15, 0.2) is 27.8 Å². The van der Waals surface area contributed by atoms with Gasteiger partial charge in [0.05, 0.1) is 10.7 Å². The minimum absolute atomic E-state index is 0.136. The highest BCUT2D eigenvalue weighted by Crippen LogP contribution is 2.25. The number of carbonyl (C=O) groups is 1. The van der Waals surface area contributed by atoms with Crippen molar-refractivity contribution in [3.8, 4) is 0 Å². The van der Waals surface area contributed by atoms with E-state index in [0.29, 0.717) is 22.8 Å². The number of hydrogen-bond acceptors (Lipinski definition) is 3. The molecule has 90 valence electrons. The quantitative estimate of drug-likeness (QED) is 0.838. The van der Waals surface area contributed by atoms with Gasteiger partial charge in [0.1, 0.15) is 5.71 Å². The molecule has 0 amide bonds. The minimum atomic E-state index is 0.136. The number of nitrogens with zero attached hydrogens (tertiary/aromatic N) is 1. The average molecular weight is 316 g/mol. The van der Waals surface area contributed by atoms with E-state index < -0.39 is 0 Å². The van der Waals surface area contributed by atoms with Crippen molar-refractivity contribution in [1.29, 1.82) is 0 Å². The molecule has 3 nitrogen and oxygen atoms in total. The molecule has 1 saturated carbocycles. The Hall–Kier alpha value is -0.870. The van der Waals surface area contributed by atoms with Crippen LogP contribution in [0.1, 0.15) is 25.7 Å².